The monoisotopic (exact) mass is 334 g/mol. The number of nitrogens with two attached hydrogens (primary N) is 2. The molecule has 0 heterocycles. The molecule has 5 N–H and O–H groups in total. The Bertz CT molecular complexity index is 905. The number of nitrogens with zero attached hydrogens (tertiary/aromatic N) is 2. The van der Waals surface area contributed by atoms with Crippen molar-refractivity contribution in [3.05, 3.63) is 41.0 Å². The molecule has 2 rings (SSSR count). The van der Waals surface area contributed by atoms with Crippen LogP contribution in [0.25, 0.3) is 0 Å². The van der Waals surface area contributed by atoms with Gasteiger partial charge in [-0.2, -0.15) is 8.42 Å². The van der Waals surface area contributed by atoms with Crippen LogP contribution < -0.4 is 11.5 Å². The molecule has 0 aliphatic carbocycles. The van der Waals surface area contributed by atoms with Crippen LogP contribution in [0.15, 0.2) is 39.4 Å². The number of aryl methyl sites for hydroxylation is 3. The largest absolute Gasteiger partial charge is 0.398 e. The molecule has 0 aliphatic heterocycles. The molecule has 122 valence electrons. The third-order valence-corrected chi connectivity index (χ3v) is 4.23. The highest BCUT2D eigenvalue weighted by Gasteiger charge is 2.18. The van der Waals surface area contributed by atoms with Crippen molar-refractivity contribution in [3.8, 4) is 0 Å². The molecule has 7 nitrogen and oxygen atoms in total. The van der Waals surface area contributed by atoms with Crippen molar-refractivity contribution in [2.24, 2.45) is 10.2 Å². The molecule has 0 aliphatic rings. The maximum atomic E-state index is 11.5. The Morgan fingerprint density at radius 3 is 2.17 bits per heavy atom. The Labute approximate surface area is 134 Å². The molecular weight excluding hydrogens is 316 g/mol. The van der Waals surface area contributed by atoms with Crippen molar-refractivity contribution in [3.63, 3.8) is 0 Å². The molecule has 0 saturated heterocycles. The van der Waals surface area contributed by atoms with E-state index in [-0.39, 0.29) is 10.6 Å². The maximum Gasteiger partial charge on any atom is 0.296 e. The number of rotatable bonds is 3. The van der Waals surface area contributed by atoms with E-state index in [1.807, 2.05) is 0 Å². The van der Waals surface area contributed by atoms with E-state index in [1.54, 1.807) is 39.0 Å². The summed E-state index contributed by atoms with van der Waals surface area (Å²) < 4.78 is 32.5. The lowest BCUT2D eigenvalue weighted by atomic mass is 10.1. The average molecular weight is 334 g/mol. The van der Waals surface area contributed by atoms with Gasteiger partial charge in [-0.3, -0.25) is 4.55 Å². The molecule has 0 atom stereocenters. The first-order valence-corrected chi connectivity index (χ1v) is 8.19. The predicted molar refractivity (Wildman–Crippen MR) is 89.9 cm³/mol. The van der Waals surface area contributed by atoms with Crippen LogP contribution in [0.4, 0.5) is 22.7 Å². The normalized spacial score (nSPS) is 12.0. The average Bonchev–Trinajstić information content (AvgIpc) is 2.41. The van der Waals surface area contributed by atoms with Gasteiger partial charge in [0.2, 0.25) is 0 Å². The molecule has 2 aromatic carbocycles. The summed E-state index contributed by atoms with van der Waals surface area (Å²) in [5.74, 6) is 0. The second-order valence-electron chi connectivity index (χ2n) is 5.37. The van der Waals surface area contributed by atoms with Gasteiger partial charge in [0.15, 0.2) is 0 Å². The zero-order chi connectivity index (χ0) is 17.4. The van der Waals surface area contributed by atoms with E-state index in [9.17, 15) is 13.0 Å². The highest BCUT2D eigenvalue weighted by molar-refractivity contribution is 7.86. The first-order chi connectivity index (χ1) is 10.6. The van der Waals surface area contributed by atoms with Gasteiger partial charge < -0.3 is 11.5 Å². The van der Waals surface area contributed by atoms with Gasteiger partial charge in [0.1, 0.15) is 16.3 Å². The van der Waals surface area contributed by atoms with Gasteiger partial charge in [-0.25, -0.2) is 0 Å². The third kappa shape index (κ3) is 3.66. The molecule has 23 heavy (non-hydrogen) atoms. The summed E-state index contributed by atoms with van der Waals surface area (Å²) in [4.78, 5) is -0.288. The first-order valence-electron chi connectivity index (χ1n) is 6.75. The number of benzene rings is 2. The maximum absolute atomic E-state index is 11.5. The van der Waals surface area contributed by atoms with Crippen molar-refractivity contribution >= 4 is 32.9 Å². The summed E-state index contributed by atoms with van der Waals surface area (Å²) in [5, 5.41) is 7.99. The first kappa shape index (κ1) is 16.9. The molecule has 0 radical (unpaired) electrons. The Morgan fingerprint density at radius 1 is 0.913 bits per heavy atom. The van der Waals surface area contributed by atoms with Gasteiger partial charge in [0.25, 0.3) is 10.1 Å². The SMILES string of the molecule is Cc1cc(C)c(N=Nc2cc(C)c(N)cc2N)c(S(=O)(=O)O)c1. The summed E-state index contributed by atoms with van der Waals surface area (Å²) in [7, 11) is -4.41. The Morgan fingerprint density at radius 2 is 1.57 bits per heavy atom. The van der Waals surface area contributed by atoms with E-state index in [1.165, 1.54) is 6.07 Å². The fourth-order valence-electron chi connectivity index (χ4n) is 2.16. The van der Waals surface area contributed by atoms with E-state index >= 15 is 0 Å². The smallest absolute Gasteiger partial charge is 0.296 e. The second-order valence-corrected chi connectivity index (χ2v) is 6.76. The summed E-state index contributed by atoms with van der Waals surface area (Å²) >= 11 is 0. The third-order valence-electron chi connectivity index (χ3n) is 3.36. The highest BCUT2D eigenvalue weighted by Crippen LogP contribution is 2.33. The van der Waals surface area contributed by atoms with Crippen LogP contribution >= 0.6 is 0 Å². The minimum atomic E-state index is -4.41. The summed E-state index contributed by atoms with van der Waals surface area (Å²) in [6.45, 7) is 5.21. The Hall–Kier alpha value is -2.45. The fourth-order valence-corrected chi connectivity index (χ4v) is 2.94. The summed E-state index contributed by atoms with van der Waals surface area (Å²) in [6.07, 6.45) is 0. The predicted octanol–water partition coefficient (Wildman–Crippen LogP) is 3.44. The molecule has 0 bridgehead atoms. The zero-order valence-electron chi connectivity index (χ0n) is 13.0. The van der Waals surface area contributed by atoms with Crippen molar-refractivity contribution in [1.82, 2.24) is 0 Å². The number of anilines is 2. The number of hydrogen-bond donors (Lipinski definition) is 3. The minimum Gasteiger partial charge on any atom is -0.398 e. The van der Waals surface area contributed by atoms with Crippen molar-refractivity contribution in [2.45, 2.75) is 25.7 Å². The van der Waals surface area contributed by atoms with E-state index in [0.717, 1.165) is 5.56 Å². The van der Waals surface area contributed by atoms with Gasteiger partial charge >= 0.3 is 0 Å². The fraction of sp³-hybridized carbons (Fsp3) is 0.200. The van der Waals surface area contributed by atoms with Gasteiger partial charge in [-0.15, -0.1) is 10.2 Å². The van der Waals surface area contributed by atoms with Gasteiger partial charge in [-0.1, -0.05) is 6.07 Å². The lowest BCUT2D eigenvalue weighted by Crippen LogP contribution is -2.00. The number of azo groups is 1. The van der Waals surface area contributed by atoms with Crippen LogP contribution in [0, 0.1) is 20.8 Å². The van der Waals surface area contributed by atoms with Crippen LogP contribution in [0.2, 0.25) is 0 Å². The quantitative estimate of drug-likeness (QED) is 0.449. The van der Waals surface area contributed by atoms with Gasteiger partial charge in [0, 0.05) is 5.69 Å². The van der Waals surface area contributed by atoms with Gasteiger partial charge in [-0.05, 0) is 55.7 Å². The molecule has 8 heteroatoms. The summed E-state index contributed by atoms with van der Waals surface area (Å²) in [6, 6.07) is 6.31. The van der Waals surface area contributed by atoms with Crippen LogP contribution in [-0.4, -0.2) is 13.0 Å². The molecule has 0 saturated carbocycles. The van der Waals surface area contributed by atoms with Crippen LogP contribution in [-0.2, 0) is 10.1 Å². The topological polar surface area (TPSA) is 131 Å². The van der Waals surface area contributed by atoms with E-state index in [0.29, 0.717) is 28.2 Å². The zero-order valence-corrected chi connectivity index (χ0v) is 13.8. The van der Waals surface area contributed by atoms with Crippen molar-refractivity contribution < 1.29 is 13.0 Å². The van der Waals surface area contributed by atoms with E-state index in [2.05, 4.69) is 10.2 Å². The molecular formula is C15H18N4O3S. The molecule has 0 fully saturated rings. The Kier molecular flexibility index (Phi) is 4.39. The van der Waals surface area contributed by atoms with E-state index < -0.39 is 10.1 Å². The Balaban J connectivity index is 2.59. The van der Waals surface area contributed by atoms with Crippen molar-refractivity contribution in [1.29, 1.82) is 0 Å². The minimum absolute atomic E-state index is 0.0759. The van der Waals surface area contributed by atoms with E-state index in [4.69, 9.17) is 11.5 Å². The molecule has 0 spiro atoms. The van der Waals surface area contributed by atoms with Crippen LogP contribution in [0.5, 0.6) is 0 Å². The van der Waals surface area contributed by atoms with Crippen LogP contribution in [0.3, 0.4) is 0 Å². The molecule has 0 amide bonds. The van der Waals surface area contributed by atoms with Crippen LogP contribution in [0.1, 0.15) is 16.7 Å². The van der Waals surface area contributed by atoms with Gasteiger partial charge in [0.05, 0.1) is 5.69 Å². The molecule has 0 unspecified atom stereocenters. The second kappa shape index (κ2) is 5.98. The highest BCUT2D eigenvalue weighted by atomic mass is 32.2. The van der Waals surface area contributed by atoms with Crippen molar-refractivity contribution in [2.75, 3.05) is 11.5 Å². The number of hydrogen-bond acceptors (Lipinski definition) is 6. The number of nitrogen functional groups attached to an aromatic ring is 2. The molecule has 0 aromatic heterocycles. The summed E-state index contributed by atoms with van der Waals surface area (Å²) in [5.41, 5.74) is 15.0. The standard InChI is InChI=1S/C15H18N4O3S/c1-8-4-10(3)15(14(5-8)23(20,21)22)19-18-13-6-9(2)11(16)7-12(13)17/h4-7H,16-17H2,1-3H3,(H,20,21,22). The molecule has 2 aromatic rings. The lowest BCUT2D eigenvalue weighted by Gasteiger charge is -2.08. The lowest BCUT2D eigenvalue weighted by molar-refractivity contribution is 0.483.